The van der Waals surface area contributed by atoms with Gasteiger partial charge in [-0.05, 0) is 12.8 Å². The van der Waals surface area contributed by atoms with Gasteiger partial charge in [-0.1, -0.05) is 27.2 Å². The maximum absolute atomic E-state index is 12.8. The number of thiazole rings is 1. The van der Waals surface area contributed by atoms with Crippen molar-refractivity contribution in [3.05, 3.63) is 15.6 Å². The average molecular weight is 280 g/mol. The molecule has 0 aliphatic carbocycles. The minimum absolute atomic E-state index is 0.160. The molecule has 1 rings (SSSR count). The minimum Gasteiger partial charge on any atom is -0.310 e. The number of rotatable bonds is 6. The van der Waals surface area contributed by atoms with E-state index in [1.807, 2.05) is 20.8 Å². The Balaban J connectivity index is 2.87. The third-order valence-corrected chi connectivity index (χ3v) is 3.54. The van der Waals surface area contributed by atoms with Gasteiger partial charge in [0.05, 0.1) is 9.88 Å². The molecule has 0 aliphatic heterocycles. The summed E-state index contributed by atoms with van der Waals surface area (Å²) in [5, 5.41) is 3.60. The van der Waals surface area contributed by atoms with Crippen molar-refractivity contribution < 1.29 is 13.2 Å². The van der Waals surface area contributed by atoms with Crippen molar-refractivity contribution in [1.29, 1.82) is 0 Å². The van der Waals surface area contributed by atoms with Gasteiger partial charge in [0, 0.05) is 12.6 Å². The van der Waals surface area contributed by atoms with Crippen molar-refractivity contribution in [2.24, 2.45) is 0 Å². The van der Waals surface area contributed by atoms with E-state index in [9.17, 15) is 13.2 Å². The van der Waals surface area contributed by atoms with Gasteiger partial charge in [-0.15, -0.1) is 11.3 Å². The number of hydrogen-bond acceptors (Lipinski definition) is 3. The summed E-state index contributed by atoms with van der Waals surface area (Å²) in [6, 6.07) is 0.160. The summed E-state index contributed by atoms with van der Waals surface area (Å²) in [6.07, 6.45) is -1.89. The molecule has 1 aromatic rings. The first kappa shape index (κ1) is 15.4. The fraction of sp³-hybridized carbons (Fsp3) is 0.750. The quantitative estimate of drug-likeness (QED) is 0.852. The molecule has 0 saturated heterocycles. The Morgan fingerprint density at radius 2 is 2.00 bits per heavy atom. The molecule has 0 aromatic carbocycles. The fourth-order valence-corrected chi connectivity index (χ4v) is 2.55. The monoisotopic (exact) mass is 280 g/mol. The largest absolute Gasteiger partial charge is 0.434 e. The lowest BCUT2D eigenvalue weighted by Gasteiger charge is -2.09. The molecule has 104 valence electrons. The van der Waals surface area contributed by atoms with Crippen LogP contribution in [0.4, 0.5) is 13.2 Å². The standard InChI is InChI=1S/C12H19F3N2S/c1-4-5-6-10-17-11(12(13,14)15)9(18-10)7-16-8(2)3/h8,16H,4-7H2,1-3H3. The summed E-state index contributed by atoms with van der Waals surface area (Å²) in [5.74, 6) is 0. The highest BCUT2D eigenvalue weighted by Crippen LogP contribution is 2.34. The van der Waals surface area contributed by atoms with E-state index in [-0.39, 0.29) is 12.6 Å². The van der Waals surface area contributed by atoms with E-state index < -0.39 is 11.9 Å². The van der Waals surface area contributed by atoms with E-state index in [1.54, 1.807) is 0 Å². The molecule has 1 N–H and O–H groups in total. The normalized spacial score (nSPS) is 12.4. The number of halogens is 3. The van der Waals surface area contributed by atoms with Gasteiger partial charge >= 0.3 is 6.18 Å². The zero-order valence-electron chi connectivity index (χ0n) is 10.9. The van der Waals surface area contributed by atoms with Gasteiger partial charge in [0.1, 0.15) is 0 Å². The van der Waals surface area contributed by atoms with Gasteiger partial charge in [0.15, 0.2) is 5.69 Å². The third kappa shape index (κ3) is 4.57. The zero-order chi connectivity index (χ0) is 13.8. The van der Waals surface area contributed by atoms with Crippen LogP contribution in [0.5, 0.6) is 0 Å². The summed E-state index contributed by atoms with van der Waals surface area (Å²) in [4.78, 5) is 4.04. The number of aryl methyl sites for hydroxylation is 1. The molecule has 6 heteroatoms. The van der Waals surface area contributed by atoms with Crippen LogP contribution in [0.15, 0.2) is 0 Å². The SMILES string of the molecule is CCCCc1nc(C(F)(F)F)c(CNC(C)C)s1. The van der Waals surface area contributed by atoms with Crippen molar-refractivity contribution >= 4 is 11.3 Å². The Kier molecular flexibility index (Phi) is 5.59. The average Bonchev–Trinajstić information content (AvgIpc) is 2.66. The van der Waals surface area contributed by atoms with Crippen LogP contribution in [0.1, 0.15) is 49.2 Å². The second kappa shape index (κ2) is 6.52. The first-order chi connectivity index (χ1) is 8.34. The predicted octanol–water partition coefficient (Wildman–Crippen LogP) is 4.00. The highest BCUT2D eigenvalue weighted by Gasteiger charge is 2.37. The molecule has 18 heavy (non-hydrogen) atoms. The molecular weight excluding hydrogens is 261 g/mol. The number of unbranched alkanes of at least 4 members (excludes halogenated alkanes) is 1. The van der Waals surface area contributed by atoms with E-state index in [0.717, 1.165) is 12.8 Å². The molecule has 0 aliphatic rings. The van der Waals surface area contributed by atoms with Crippen molar-refractivity contribution in [2.75, 3.05) is 0 Å². The Morgan fingerprint density at radius 3 is 2.50 bits per heavy atom. The molecule has 0 unspecified atom stereocenters. The van der Waals surface area contributed by atoms with Crippen LogP contribution in [-0.2, 0) is 19.1 Å². The maximum Gasteiger partial charge on any atom is 0.434 e. The van der Waals surface area contributed by atoms with Gasteiger partial charge in [0.25, 0.3) is 0 Å². The van der Waals surface area contributed by atoms with Crippen LogP contribution < -0.4 is 5.32 Å². The Labute approximate surface area is 110 Å². The lowest BCUT2D eigenvalue weighted by Crippen LogP contribution is -2.23. The molecule has 1 heterocycles. The van der Waals surface area contributed by atoms with E-state index in [1.165, 1.54) is 11.3 Å². The van der Waals surface area contributed by atoms with Crippen LogP contribution >= 0.6 is 11.3 Å². The number of nitrogens with zero attached hydrogens (tertiary/aromatic N) is 1. The third-order valence-electron chi connectivity index (χ3n) is 2.43. The molecular formula is C12H19F3N2S. The van der Waals surface area contributed by atoms with Gasteiger partial charge in [-0.2, -0.15) is 13.2 Å². The van der Waals surface area contributed by atoms with Crippen LogP contribution in [0.3, 0.4) is 0 Å². The van der Waals surface area contributed by atoms with Crippen LogP contribution in [-0.4, -0.2) is 11.0 Å². The fourth-order valence-electron chi connectivity index (χ4n) is 1.47. The molecule has 0 spiro atoms. The molecule has 1 aromatic heterocycles. The molecule has 0 amide bonds. The number of nitrogens with one attached hydrogen (secondary N) is 1. The summed E-state index contributed by atoms with van der Waals surface area (Å²) in [5.41, 5.74) is -0.716. The van der Waals surface area contributed by atoms with E-state index in [4.69, 9.17) is 0 Å². The van der Waals surface area contributed by atoms with E-state index in [2.05, 4.69) is 10.3 Å². The zero-order valence-corrected chi connectivity index (χ0v) is 11.7. The van der Waals surface area contributed by atoms with Gasteiger partial charge in [-0.25, -0.2) is 4.98 Å². The van der Waals surface area contributed by atoms with Gasteiger partial charge in [0.2, 0.25) is 0 Å². The van der Waals surface area contributed by atoms with E-state index in [0.29, 0.717) is 16.3 Å². The number of aromatic nitrogens is 1. The van der Waals surface area contributed by atoms with Crippen LogP contribution in [0.25, 0.3) is 0 Å². The summed E-state index contributed by atoms with van der Waals surface area (Å²) < 4.78 is 38.5. The predicted molar refractivity (Wildman–Crippen MR) is 67.7 cm³/mol. The second-order valence-electron chi connectivity index (χ2n) is 4.52. The Bertz CT molecular complexity index is 372. The highest BCUT2D eigenvalue weighted by atomic mass is 32.1. The van der Waals surface area contributed by atoms with Crippen molar-refractivity contribution in [2.45, 2.75) is 58.8 Å². The smallest absolute Gasteiger partial charge is 0.310 e. The second-order valence-corrected chi connectivity index (χ2v) is 5.68. The topological polar surface area (TPSA) is 24.9 Å². The molecule has 0 atom stereocenters. The van der Waals surface area contributed by atoms with Gasteiger partial charge < -0.3 is 5.32 Å². The highest BCUT2D eigenvalue weighted by molar-refractivity contribution is 7.11. The molecule has 0 radical (unpaired) electrons. The lowest BCUT2D eigenvalue weighted by atomic mass is 10.2. The molecule has 0 saturated carbocycles. The van der Waals surface area contributed by atoms with Crippen molar-refractivity contribution in [3.8, 4) is 0 Å². The van der Waals surface area contributed by atoms with Crippen LogP contribution in [0, 0.1) is 0 Å². The maximum atomic E-state index is 12.8. The Hall–Kier alpha value is -0.620. The minimum atomic E-state index is -4.35. The van der Waals surface area contributed by atoms with Gasteiger partial charge in [-0.3, -0.25) is 0 Å². The van der Waals surface area contributed by atoms with E-state index >= 15 is 0 Å². The summed E-state index contributed by atoms with van der Waals surface area (Å²) in [7, 11) is 0. The van der Waals surface area contributed by atoms with Crippen LogP contribution in [0.2, 0.25) is 0 Å². The summed E-state index contributed by atoms with van der Waals surface area (Å²) in [6.45, 7) is 6.06. The first-order valence-electron chi connectivity index (χ1n) is 6.13. The Morgan fingerprint density at radius 1 is 1.33 bits per heavy atom. The van der Waals surface area contributed by atoms with Crippen molar-refractivity contribution in [3.63, 3.8) is 0 Å². The van der Waals surface area contributed by atoms with Crippen molar-refractivity contribution in [1.82, 2.24) is 10.3 Å². The lowest BCUT2D eigenvalue weighted by molar-refractivity contribution is -0.141. The molecule has 2 nitrogen and oxygen atoms in total. The number of hydrogen-bond donors (Lipinski definition) is 1. The summed E-state index contributed by atoms with van der Waals surface area (Å²) >= 11 is 1.17. The molecule has 0 fully saturated rings. The first-order valence-corrected chi connectivity index (χ1v) is 6.95. The number of alkyl halides is 3. The molecule has 0 bridgehead atoms.